The Bertz CT molecular complexity index is 628. The van der Waals surface area contributed by atoms with E-state index in [0.717, 1.165) is 0 Å². The van der Waals surface area contributed by atoms with Crippen LogP contribution in [0.1, 0.15) is 12.6 Å². The summed E-state index contributed by atoms with van der Waals surface area (Å²) >= 11 is 4.82. The number of pyridine rings is 1. The molecule has 1 aliphatic heterocycles. The van der Waals surface area contributed by atoms with E-state index in [-0.39, 0.29) is 15.9 Å². The van der Waals surface area contributed by atoms with Crippen LogP contribution in [0.25, 0.3) is 0 Å². The van der Waals surface area contributed by atoms with Crippen molar-refractivity contribution in [2.45, 2.75) is 17.9 Å². The summed E-state index contributed by atoms with van der Waals surface area (Å²) in [6.07, 6.45) is 1.32. The van der Waals surface area contributed by atoms with Crippen LogP contribution in [0, 0.1) is 5.92 Å². The van der Waals surface area contributed by atoms with Gasteiger partial charge in [0.05, 0.1) is 5.69 Å². The van der Waals surface area contributed by atoms with Gasteiger partial charge in [0.2, 0.25) is 10.0 Å². The van der Waals surface area contributed by atoms with Crippen LogP contribution in [0.15, 0.2) is 23.2 Å². The van der Waals surface area contributed by atoms with Crippen LogP contribution in [0.5, 0.6) is 0 Å². The Morgan fingerprint density at radius 3 is 2.52 bits per heavy atom. The Hall–Kier alpha value is -1.09. The molecule has 1 aromatic heterocycles. The lowest BCUT2D eigenvalue weighted by Crippen LogP contribution is -2.35. The molecule has 1 aromatic rings. The summed E-state index contributed by atoms with van der Waals surface area (Å²) in [7, 11) is 0.416. The molecule has 0 bridgehead atoms. The van der Waals surface area contributed by atoms with Crippen LogP contribution >= 0.6 is 12.2 Å². The monoisotopic (exact) mass is 328 g/mol. The summed E-state index contributed by atoms with van der Waals surface area (Å²) < 4.78 is 26.8. The molecule has 0 aromatic carbocycles. The van der Waals surface area contributed by atoms with E-state index in [9.17, 15) is 8.42 Å². The predicted molar refractivity (Wildman–Crippen MR) is 85.5 cm³/mol. The lowest BCUT2D eigenvalue weighted by atomic mass is 10.1. The van der Waals surface area contributed by atoms with Gasteiger partial charge in [-0.05, 0) is 32.1 Å². The molecule has 2 rings (SSSR count). The third kappa shape index (κ3) is 3.23. The van der Waals surface area contributed by atoms with Crippen molar-refractivity contribution in [1.29, 1.82) is 0 Å². The fourth-order valence-electron chi connectivity index (χ4n) is 2.60. The Morgan fingerprint density at radius 2 is 2.10 bits per heavy atom. The van der Waals surface area contributed by atoms with Crippen molar-refractivity contribution in [2.24, 2.45) is 11.7 Å². The minimum Gasteiger partial charge on any atom is -0.388 e. The highest BCUT2D eigenvalue weighted by Crippen LogP contribution is 2.26. The van der Waals surface area contributed by atoms with Crippen molar-refractivity contribution in [2.75, 3.05) is 27.2 Å². The summed E-state index contributed by atoms with van der Waals surface area (Å²) in [6.45, 7) is 3.07. The van der Waals surface area contributed by atoms with Crippen LogP contribution in [0.2, 0.25) is 0 Å². The Kier molecular flexibility index (Phi) is 4.62. The molecule has 0 amide bonds. The highest BCUT2D eigenvalue weighted by molar-refractivity contribution is 7.89. The number of hydrogen-bond acceptors (Lipinski definition) is 5. The van der Waals surface area contributed by atoms with Gasteiger partial charge in [-0.3, -0.25) is 4.98 Å². The number of hydrogen-bond donors (Lipinski definition) is 1. The van der Waals surface area contributed by atoms with Crippen molar-refractivity contribution in [3.05, 3.63) is 24.0 Å². The van der Waals surface area contributed by atoms with E-state index in [1.807, 2.05) is 14.1 Å². The van der Waals surface area contributed by atoms with Gasteiger partial charge in [-0.1, -0.05) is 19.1 Å². The lowest BCUT2D eigenvalue weighted by molar-refractivity contribution is 0.263. The highest BCUT2D eigenvalue weighted by atomic mass is 32.2. The topological polar surface area (TPSA) is 79.5 Å². The minimum absolute atomic E-state index is 0.154. The standard InChI is InChI=1S/C13H20N4O2S2/c1-9-7-17(8-12(9)16(2)3)21(18,19)10-4-5-11(13(14)20)15-6-10/h4-6,9,12H,7-8H2,1-3H3,(H2,14,20). The fourth-order valence-corrected chi connectivity index (χ4v) is 4.23. The van der Waals surface area contributed by atoms with E-state index >= 15 is 0 Å². The second kappa shape index (κ2) is 5.96. The van der Waals surface area contributed by atoms with Gasteiger partial charge in [-0.2, -0.15) is 4.31 Å². The number of nitrogens with zero attached hydrogens (tertiary/aromatic N) is 3. The second-order valence-corrected chi connectivity index (χ2v) is 7.95. The summed E-state index contributed by atoms with van der Waals surface area (Å²) in [5.74, 6) is 0.290. The quantitative estimate of drug-likeness (QED) is 0.800. The van der Waals surface area contributed by atoms with Crippen molar-refractivity contribution in [1.82, 2.24) is 14.2 Å². The largest absolute Gasteiger partial charge is 0.388 e. The maximum atomic E-state index is 12.6. The van der Waals surface area contributed by atoms with Gasteiger partial charge < -0.3 is 10.6 Å². The van der Waals surface area contributed by atoms with Gasteiger partial charge in [0, 0.05) is 25.3 Å². The Labute approximate surface area is 131 Å². The maximum Gasteiger partial charge on any atom is 0.244 e. The number of nitrogens with two attached hydrogens (primary N) is 1. The van der Waals surface area contributed by atoms with Gasteiger partial charge in [0.15, 0.2) is 0 Å². The zero-order chi connectivity index (χ0) is 15.8. The summed E-state index contributed by atoms with van der Waals surface area (Å²) in [4.78, 5) is 6.40. The van der Waals surface area contributed by atoms with Gasteiger partial charge in [0.25, 0.3) is 0 Å². The van der Waals surface area contributed by atoms with Crippen LogP contribution in [-0.4, -0.2) is 60.8 Å². The molecule has 2 heterocycles. The number of sulfonamides is 1. The number of rotatable bonds is 4. The molecular formula is C13H20N4O2S2. The predicted octanol–water partition coefficient (Wildman–Crippen LogP) is 0.286. The molecule has 6 nitrogen and oxygen atoms in total. The average molecular weight is 328 g/mol. The first kappa shape index (κ1) is 16.3. The number of likely N-dealkylation sites (N-methyl/N-ethyl adjacent to an activating group) is 1. The number of aromatic nitrogens is 1. The third-order valence-electron chi connectivity index (χ3n) is 3.83. The first-order valence-corrected chi connectivity index (χ1v) is 8.50. The first-order valence-electron chi connectivity index (χ1n) is 6.66. The molecule has 8 heteroatoms. The smallest absolute Gasteiger partial charge is 0.244 e. The van der Waals surface area contributed by atoms with Gasteiger partial charge in [-0.15, -0.1) is 0 Å². The molecule has 21 heavy (non-hydrogen) atoms. The van der Waals surface area contributed by atoms with Crippen LogP contribution in [-0.2, 0) is 10.0 Å². The average Bonchev–Trinajstić information content (AvgIpc) is 2.82. The summed E-state index contributed by atoms with van der Waals surface area (Å²) in [5, 5.41) is 0. The van der Waals surface area contributed by atoms with E-state index < -0.39 is 10.0 Å². The van der Waals surface area contributed by atoms with Crippen LogP contribution in [0.3, 0.4) is 0 Å². The van der Waals surface area contributed by atoms with E-state index in [2.05, 4.69) is 16.8 Å². The van der Waals surface area contributed by atoms with Crippen molar-refractivity contribution >= 4 is 27.2 Å². The molecule has 1 fully saturated rings. The van der Waals surface area contributed by atoms with Crippen molar-refractivity contribution in [3.8, 4) is 0 Å². The maximum absolute atomic E-state index is 12.6. The van der Waals surface area contributed by atoms with Crippen molar-refractivity contribution in [3.63, 3.8) is 0 Å². The minimum atomic E-state index is -3.52. The van der Waals surface area contributed by atoms with E-state index in [4.69, 9.17) is 18.0 Å². The molecule has 116 valence electrons. The summed E-state index contributed by atoms with van der Waals surface area (Å²) in [6, 6.07) is 3.27. The van der Waals surface area contributed by atoms with Crippen LogP contribution < -0.4 is 5.73 Å². The molecular weight excluding hydrogens is 308 g/mol. The van der Waals surface area contributed by atoms with E-state index in [1.165, 1.54) is 22.6 Å². The van der Waals surface area contributed by atoms with E-state index in [0.29, 0.717) is 24.7 Å². The molecule has 0 saturated carbocycles. The van der Waals surface area contributed by atoms with Crippen molar-refractivity contribution < 1.29 is 8.42 Å². The first-order chi connectivity index (χ1) is 9.73. The summed E-state index contributed by atoms with van der Waals surface area (Å²) in [5.41, 5.74) is 5.89. The van der Waals surface area contributed by atoms with Gasteiger partial charge in [0.1, 0.15) is 9.88 Å². The molecule has 2 atom stereocenters. The zero-order valence-corrected chi connectivity index (χ0v) is 14.0. The lowest BCUT2D eigenvalue weighted by Gasteiger charge is -2.22. The molecule has 0 radical (unpaired) electrons. The zero-order valence-electron chi connectivity index (χ0n) is 12.4. The normalized spacial score (nSPS) is 23.6. The van der Waals surface area contributed by atoms with E-state index in [1.54, 1.807) is 0 Å². The Balaban J connectivity index is 2.25. The molecule has 2 unspecified atom stereocenters. The number of thiocarbonyl (C=S) groups is 1. The Morgan fingerprint density at radius 1 is 1.43 bits per heavy atom. The van der Waals surface area contributed by atoms with Gasteiger partial charge >= 0.3 is 0 Å². The molecule has 0 spiro atoms. The molecule has 2 N–H and O–H groups in total. The van der Waals surface area contributed by atoms with Gasteiger partial charge in [-0.25, -0.2) is 8.42 Å². The SMILES string of the molecule is CC1CN(S(=O)(=O)c2ccc(C(N)=S)nc2)CC1N(C)C. The molecule has 0 aliphatic carbocycles. The molecule has 1 saturated heterocycles. The highest BCUT2D eigenvalue weighted by Gasteiger charge is 2.38. The third-order valence-corrected chi connectivity index (χ3v) is 5.85. The second-order valence-electron chi connectivity index (χ2n) is 5.57. The fraction of sp³-hybridized carbons (Fsp3) is 0.538. The molecule has 1 aliphatic rings. The van der Waals surface area contributed by atoms with Crippen LogP contribution in [0.4, 0.5) is 0 Å².